The van der Waals surface area contributed by atoms with Crippen LogP contribution in [0.2, 0.25) is 5.02 Å². The molecule has 2 N–H and O–H groups in total. The first kappa shape index (κ1) is 15.8. The quantitative estimate of drug-likeness (QED) is 0.762. The molecule has 1 aromatic carbocycles. The third-order valence-electron chi connectivity index (χ3n) is 2.83. The Labute approximate surface area is 129 Å². The van der Waals surface area contributed by atoms with Crippen molar-refractivity contribution in [3.8, 4) is 0 Å². The van der Waals surface area contributed by atoms with Gasteiger partial charge in [0.15, 0.2) is 0 Å². The first-order valence-electron chi connectivity index (χ1n) is 6.47. The van der Waals surface area contributed by atoms with Crippen molar-refractivity contribution in [3.63, 3.8) is 0 Å². The van der Waals surface area contributed by atoms with Gasteiger partial charge in [-0.25, -0.2) is 8.42 Å². The number of rotatable bonds is 7. The Morgan fingerprint density at radius 3 is 2.67 bits per heavy atom. The molecule has 21 heavy (non-hydrogen) atoms. The van der Waals surface area contributed by atoms with E-state index < -0.39 is 10.0 Å². The van der Waals surface area contributed by atoms with Crippen molar-refractivity contribution in [2.45, 2.75) is 17.9 Å². The number of hydrogen-bond acceptors (Lipinski definition) is 4. The van der Waals surface area contributed by atoms with Crippen molar-refractivity contribution in [1.82, 2.24) is 15.1 Å². The minimum atomic E-state index is -3.63. The molecule has 2 aromatic rings. The molecular weight excluding hydrogens is 312 g/mol. The number of aryl methyl sites for hydroxylation is 1. The zero-order valence-electron chi connectivity index (χ0n) is 11.6. The zero-order valence-corrected chi connectivity index (χ0v) is 13.2. The summed E-state index contributed by atoms with van der Waals surface area (Å²) in [6, 6.07) is 6.47. The van der Waals surface area contributed by atoms with Gasteiger partial charge < -0.3 is 5.32 Å². The molecule has 2 rings (SSSR count). The van der Waals surface area contributed by atoms with Crippen molar-refractivity contribution in [1.29, 1.82) is 0 Å². The van der Waals surface area contributed by atoms with Crippen LogP contribution in [-0.4, -0.2) is 31.8 Å². The smallest absolute Gasteiger partial charge is 0.265 e. The number of aromatic nitrogens is 2. The topological polar surface area (TPSA) is 76.0 Å². The molecule has 1 aromatic heterocycles. The van der Waals surface area contributed by atoms with Crippen molar-refractivity contribution in [2.75, 3.05) is 18.3 Å². The van der Waals surface area contributed by atoms with Crippen molar-refractivity contribution >= 4 is 27.3 Å². The molecule has 8 heteroatoms. The fourth-order valence-corrected chi connectivity index (χ4v) is 2.89. The molecule has 0 saturated carbocycles. The van der Waals surface area contributed by atoms with Gasteiger partial charge in [-0.1, -0.05) is 11.6 Å². The second-order valence-corrected chi connectivity index (χ2v) is 6.63. The van der Waals surface area contributed by atoms with Gasteiger partial charge in [0, 0.05) is 23.5 Å². The Morgan fingerprint density at radius 2 is 2.00 bits per heavy atom. The minimum Gasteiger partial charge on any atom is -0.320 e. The molecule has 0 radical (unpaired) electrons. The maximum absolute atomic E-state index is 12.2. The lowest BCUT2D eigenvalue weighted by Gasteiger charge is -2.06. The van der Waals surface area contributed by atoms with Gasteiger partial charge in [-0.3, -0.25) is 9.40 Å². The number of nitrogens with zero attached hydrogens (tertiary/aromatic N) is 2. The van der Waals surface area contributed by atoms with E-state index in [1.54, 1.807) is 28.9 Å². The van der Waals surface area contributed by atoms with Crippen LogP contribution in [0.25, 0.3) is 0 Å². The Bertz CT molecular complexity index is 682. The van der Waals surface area contributed by atoms with E-state index in [1.807, 2.05) is 7.05 Å². The third-order valence-corrected chi connectivity index (χ3v) is 4.42. The van der Waals surface area contributed by atoms with Gasteiger partial charge in [-0.2, -0.15) is 5.10 Å². The summed E-state index contributed by atoms with van der Waals surface area (Å²) >= 11 is 5.77. The highest BCUT2D eigenvalue weighted by Gasteiger charge is 2.16. The highest BCUT2D eigenvalue weighted by Crippen LogP contribution is 2.18. The maximum atomic E-state index is 12.2. The summed E-state index contributed by atoms with van der Waals surface area (Å²) in [5, 5.41) is 7.64. The molecule has 0 aliphatic heterocycles. The largest absolute Gasteiger partial charge is 0.320 e. The lowest BCUT2D eigenvalue weighted by Crippen LogP contribution is -2.13. The first-order valence-corrected chi connectivity index (χ1v) is 8.33. The lowest BCUT2D eigenvalue weighted by molar-refractivity contribution is 0.561. The van der Waals surface area contributed by atoms with Gasteiger partial charge in [0.2, 0.25) is 0 Å². The minimum absolute atomic E-state index is 0.141. The van der Waals surface area contributed by atoms with Crippen LogP contribution in [0.5, 0.6) is 0 Å². The Balaban J connectivity index is 2.07. The predicted octanol–water partition coefficient (Wildman–Crippen LogP) is 1.95. The molecule has 0 aliphatic rings. The standard InChI is InChI=1S/C13H17ClN4O2S/c1-15-7-2-8-18-10-13(9-16-18)21(19,20)17-12-5-3-11(14)4-6-12/h3-6,9-10,15,17H,2,7-8H2,1H3. The van der Waals surface area contributed by atoms with E-state index in [9.17, 15) is 8.42 Å². The molecule has 0 fully saturated rings. The van der Waals surface area contributed by atoms with E-state index in [0.717, 1.165) is 13.0 Å². The molecule has 0 unspecified atom stereocenters. The number of sulfonamides is 1. The fraction of sp³-hybridized carbons (Fsp3) is 0.308. The molecular formula is C13H17ClN4O2S. The number of benzene rings is 1. The molecule has 0 amide bonds. The van der Waals surface area contributed by atoms with Crippen LogP contribution in [0.3, 0.4) is 0 Å². The zero-order chi connectivity index (χ0) is 15.3. The van der Waals surface area contributed by atoms with Gasteiger partial charge in [-0.15, -0.1) is 0 Å². The summed E-state index contributed by atoms with van der Waals surface area (Å²) in [6.07, 6.45) is 3.74. The molecule has 114 valence electrons. The lowest BCUT2D eigenvalue weighted by atomic mass is 10.3. The van der Waals surface area contributed by atoms with E-state index in [2.05, 4.69) is 15.1 Å². The molecule has 1 heterocycles. The molecule has 0 atom stereocenters. The monoisotopic (exact) mass is 328 g/mol. The molecule has 0 bridgehead atoms. The highest BCUT2D eigenvalue weighted by atomic mass is 35.5. The first-order chi connectivity index (χ1) is 10.0. The van der Waals surface area contributed by atoms with E-state index in [1.165, 1.54) is 12.4 Å². The van der Waals surface area contributed by atoms with E-state index in [-0.39, 0.29) is 4.90 Å². The SMILES string of the molecule is CNCCCn1cc(S(=O)(=O)Nc2ccc(Cl)cc2)cn1. The molecule has 0 spiro atoms. The fourth-order valence-electron chi connectivity index (χ4n) is 1.76. The Morgan fingerprint density at radius 1 is 1.29 bits per heavy atom. The van der Waals surface area contributed by atoms with Crippen LogP contribution >= 0.6 is 11.6 Å². The van der Waals surface area contributed by atoms with Crippen LogP contribution in [0.4, 0.5) is 5.69 Å². The van der Waals surface area contributed by atoms with E-state index >= 15 is 0 Å². The Kier molecular flexibility index (Phi) is 5.22. The van der Waals surface area contributed by atoms with Crippen LogP contribution in [0, 0.1) is 0 Å². The predicted molar refractivity (Wildman–Crippen MR) is 83.0 cm³/mol. The molecule has 0 aliphatic carbocycles. The summed E-state index contributed by atoms with van der Waals surface area (Å²) < 4.78 is 28.5. The summed E-state index contributed by atoms with van der Waals surface area (Å²) in [7, 11) is -1.76. The average Bonchev–Trinajstić information content (AvgIpc) is 2.91. The van der Waals surface area contributed by atoms with Gasteiger partial charge in [-0.05, 0) is 44.3 Å². The molecule has 0 saturated heterocycles. The number of anilines is 1. The third kappa shape index (κ3) is 4.45. The highest BCUT2D eigenvalue weighted by molar-refractivity contribution is 7.92. The van der Waals surface area contributed by atoms with Crippen molar-refractivity contribution in [3.05, 3.63) is 41.7 Å². The van der Waals surface area contributed by atoms with Crippen LogP contribution < -0.4 is 10.0 Å². The second kappa shape index (κ2) is 6.93. The number of hydrogen-bond donors (Lipinski definition) is 2. The average molecular weight is 329 g/mol. The number of nitrogens with one attached hydrogen (secondary N) is 2. The van der Waals surface area contributed by atoms with Gasteiger partial charge in [0.05, 0.1) is 6.20 Å². The van der Waals surface area contributed by atoms with Gasteiger partial charge >= 0.3 is 0 Å². The van der Waals surface area contributed by atoms with E-state index in [0.29, 0.717) is 17.3 Å². The molecule has 6 nitrogen and oxygen atoms in total. The van der Waals surface area contributed by atoms with Crippen LogP contribution in [0.1, 0.15) is 6.42 Å². The van der Waals surface area contributed by atoms with Crippen molar-refractivity contribution < 1.29 is 8.42 Å². The Hall–Kier alpha value is -1.57. The number of halogens is 1. The summed E-state index contributed by atoms with van der Waals surface area (Å²) in [4.78, 5) is 0.141. The van der Waals surface area contributed by atoms with Crippen LogP contribution in [-0.2, 0) is 16.6 Å². The van der Waals surface area contributed by atoms with E-state index in [4.69, 9.17) is 11.6 Å². The summed E-state index contributed by atoms with van der Waals surface area (Å²) in [5.74, 6) is 0. The summed E-state index contributed by atoms with van der Waals surface area (Å²) in [6.45, 7) is 1.52. The second-order valence-electron chi connectivity index (χ2n) is 4.51. The van der Waals surface area contributed by atoms with Gasteiger partial charge in [0.1, 0.15) is 4.90 Å². The summed E-state index contributed by atoms with van der Waals surface area (Å²) in [5.41, 5.74) is 0.460. The van der Waals surface area contributed by atoms with Crippen LogP contribution in [0.15, 0.2) is 41.6 Å². The maximum Gasteiger partial charge on any atom is 0.265 e. The normalized spacial score (nSPS) is 11.5. The van der Waals surface area contributed by atoms with Crippen molar-refractivity contribution in [2.24, 2.45) is 0 Å². The van der Waals surface area contributed by atoms with Gasteiger partial charge in [0.25, 0.3) is 10.0 Å².